The SMILES string of the molecule is FC(C(F)(F)Oc1ccccc1)C(F)(F)C1(C(F)(F)C(F)C(F)(F)Oc2ccccc2)c2ccccc2-c2ccccc21. The van der Waals surface area contributed by atoms with Gasteiger partial charge in [-0.2, -0.15) is 17.6 Å². The van der Waals surface area contributed by atoms with E-state index in [1.54, 1.807) is 0 Å². The Morgan fingerprint density at radius 1 is 0.442 bits per heavy atom. The van der Waals surface area contributed by atoms with Gasteiger partial charge in [-0.05, 0) is 46.5 Å². The van der Waals surface area contributed by atoms with E-state index in [0.29, 0.717) is 12.1 Å². The fourth-order valence-corrected chi connectivity index (χ4v) is 5.37. The van der Waals surface area contributed by atoms with Gasteiger partial charge in [0.2, 0.25) is 0 Å². The van der Waals surface area contributed by atoms with Crippen molar-refractivity contribution >= 4 is 0 Å². The maximum atomic E-state index is 16.5. The minimum Gasteiger partial charge on any atom is -0.430 e. The number of alkyl halides is 10. The Hall–Kier alpha value is -4.22. The van der Waals surface area contributed by atoms with Crippen molar-refractivity contribution in [3.8, 4) is 22.6 Å². The molecule has 4 aromatic carbocycles. The molecule has 0 saturated heterocycles. The molecule has 2 unspecified atom stereocenters. The van der Waals surface area contributed by atoms with Crippen LogP contribution >= 0.6 is 0 Å². The molecule has 0 saturated carbocycles. The molecule has 1 aliphatic rings. The molecule has 2 atom stereocenters. The van der Waals surface area contributed by atoms with E-state index in [-0.39, 0.29) is 0 Å². The second-order valence-electron chi connectivity index (χ2n) is 9.77. The van der Waals surface area contributed by atoms with Crippen LogP contribution in [0.1, 0.15) is 11.1 Å². The minimum absolute atomic E-state index is 0.448. The predicted octanol–water partition coefficient (Wildman–Crippen LogP) is 9.24. The number of fused-ring (bicyclic) bond motifs is 3. The zero-order chi connectivity index (χ0) is 31.3. The molecule has 2 nitrogen and oxygen atoms in total. The van der Waals surface area contributed by atoms with Crippen LogP contribution in [0.2, 0.25) is 0 Å². The van der Waals surface area contributed by atoms with Crippen molar-refractivity contribution in [1.82, 2.24) is 0 Å². The van der Waals surface area contributed by atoms with Gasteiger partial charge in [0.05, 0.1) is 0 Å². The Labute approximate surface area is 238 Å². The van der Waals surface area contributed by atoms with Crippen LogP contribution in [-0.2, 0) is 5.41 Å². The number of para-hydroxylation sites is 2. The third kappa shape index (κ3) is 4.67. The summed E-state index contributed by atoms with van der Waals surface area (Å²) in [6.45, 7) is 0. The first-order valence-corrected chi connectivity index (χ1v) is 12.6. The second-order valence-corrected chi connectivity index (χ2v) is 9.77. The number of rotatable bonds is 10. The van der Waals surface area contributed by atoms with Gasteiger partial charge in [0.25, 0.3) is 12.3 Å². The Morgan fingerprint density at radius 3 is 1.09 bits per heavy atom. The molecule has 12 heteroatoms. The molecule has 226 valence electrons. The van der Waals surface area contributed by atoms with Gasteiger partial charge in [-0.1, -0.05) is 84.9 Å². The lowest BCUT2D eigenvalue weighted by molar-refractivity contribution is -0.329. The number of benzene rings is 4. The first kappa shape index (κ1) is 30.2. The van der Waals surface area contributed by atoms with E-state index in [1.807, 2.05) is 0 Å². The Kier molecular flexibility index (Phi) is 7.38. The lowest BCUT2D eigenvalue weighted by Gasteiger charge is -2.47. The summed E-state index contributed by atoms with van der Waals surface area (Å²) in [4.78, 5) is 0. The van der Waals surface area contributed by atoms with E-state index < -0.39 is 75.6 Å². The Morgan fingerprint density at radius 2 is 0.744 bits per heavy atom. The summed E-state index contributed by atoms with van der Waals surface area (Å²) >= 11 is 0. The summed E-state index contributed by atoms with van der Waals surface area (Å²) < 4.78 is 166. The molecule has 43 heavy (non-hydrogen) atoms. The highest BCUT2D eigenvalue weighted by Gasteiger charge is 2.83. The highest BCUT2D eigenvalue weighted by Crippen LogP contribution is 2.66. The zero-order valence-corrected chi connectivity index (χ0v) is 21.6. The standard InChI is InChI=1S/C31H20F10O2/c32-25(30(38,39)42-19-11-3-1-4-12-19)28(34,35)27(23-17-9-7-15-21(23)22-16-8-10-18-24(22)27)29(36,37)26(33)31(40,41)43-20-13-5-2-6-14-20/h1-18,25-26H. The summed E-state index contributed by atoms with van der Waals surface area (Å²) in [7, 11) is 0. The zero-order valence-electron chi connectivity index (χ0n) is 21.6. The summed E-state index contributed by atoms with van der Waals surface area (Å²) in [5, 5.41) is 0. The quantitative estimate of drug-likeness (QED) is 0.166. The van der Waals surface area contributed by atoms with E-state index in [4.69, 9.17) is 0 Å². The largest absolute Gasteiger partial charge is 0.436 e. The van der Waals surface area contributed by atoms with Crippen LogP contribution in [0.3, 0.4) is 0 Å². The molecule has 0 heterocycles. The average molecular weight is 614 g/mol. The van der Waals surface area contributed by atoms with Crippen LogP contribution in [-0.4, -0.2) is 36.4 Å². The first-order chi connectivity index (χ1) is 20.2. The Balaban J connectivity index is 1.73. The average Bonchev–Trinajstić information content (AvgIpc) is 3.29. The molecule has 5 rings (SSSR count). The van der Waals surface area contributed by atoms with Crippen LogP contribution in [0.15, 0.2) is 109 Å². The molecule has 0 spiro atoms. The van der Waals surface area contributed by atoms with Crippen molar-refractivity contribution < 1.29 is 53.4 Å². The molecule has 0 aromatic heterocycles. The fourth-order valence-electron chi connectivity index (χ4n) is 5.37. The maximum absolute atomic E-state index is 16.5. The molecule has 0 radical (unpaired) electrons. The molecule has 0 bridgehead atoms. The van der Waals surface area contributed by atoms with E-state index in [1.165, 1.54) is 24.3 Å². The number of hydrogen-bond acceptors (Lipinski definition) is 2. The lowest BCUT2D eigenvalue weighted by Crippen LogP contribution is -2.69. The minimum atomic E-state index is -6.00. The fraction of sp³-hybridized carbons (Fsp3) is 0.226. The van der Waals surface area contributed by atoms with Crippen LogP contribution in [0.5, 0.6) is 11.5 Å². The smallest absolute Gasteiger partial charge is 0.430 e. The summed E-state index contributed by atoms with van der Waals surface area (Å²) in [5.74, 6) is -13.6. The molecule has 0 amide bonds. The van der Waals surface area contributed by atoms with Gasteiger partial charge in [-0.15, -0.1) is 0 Å². The number of halogens is 10. The maximum Gasteiger partial charge on any atom is 0.436 e. The van der Waals surface area contributed by atoms with Crippen LogP contribution in [0.25, 0.3) is 11.1 Å². The molecule has 0 aliphatic heterocycles. The van der Waals surface area contributed by atoms with Gasteiger partial charge in [0.15, 0.2) is 5.41 Å². The van der Waals surface area contributed by atoms with Crippen LogP contribution in [0, 0.1) is 0 Å². The van der Waals surface area contributed by atoms with Crippen molar-refractivity contribution in [1.29, 1.82) is 0 Å². The van der Waals surface area contributed by atoms with E-state index in [0.717, 1.165) is 72.8 Å². The van der Waals surface area contributed by atoms with Crippen molar-refractivity contribution in [3.05, 3.63) is 120 Å². The Bertz CT molecular complexity index is 1460. The highest BCUT2D eigenvalue weighted by molar-refractivity contribution is 5.82. The molecular weight excluding hydrogens is 594 g/mol. The van der Waals surface area contributed by atoms with Gasteiger partial charge >= 0.3 is 24.1 Å². The molecule has 4 aromatic rings. The van der Waals surface area contributed by atoms with Crippen LogP contribution in [0.4, 0.5) is 43.9 Å². The third-order valence-corrected chi connectivity index (χ3v) is 7.17. The number of ether oxygens (including phenoxy) is 2. The van der Waals surface area contributed by atoms with Gasteiger partial charge in [0.1, 0.15) is 11.5 Å². The summed E-state index contributed by atoms with van der Waals surface area (Å²) in [6.07, 6.45) is -20.8. The highest BCUT2D eigenvalue weighted by atomic mass is 19.3. The molecular formula is C31H20F10O2. The van der Waals surface area contributed by atoms with E-state index in [2.05, 4.69) is 9.47 Å². The van der Waals surface area contributed by atoms with Crippen molar-refractivity contribution in [2.45, 2.75) is 41.8 Å². The third-order valence-electron chi connectivity index (χ3n) is 7.17. The van der Waals surface area contributed by atoms with Gasteiger partial charge in [-0.25, -0.2) is 26.3 Å². The first-order valence-electron chi connectivity index (χ1n) is 12.6. The summed E-state index contributed by atoms with van der Waals surface area (Å²) in [6, 6.07) is 18.3. The van der Waals surface area contributed by atoms with E-state index >= 15 is 43.9 Å². The molecule has 0 fully saturated rings. The number of hydrogen-bond donors (Lipinski definition) is 0. The van der Waals surface area contributed by atoms with Crippen molar-refractivity contribution in [2.24, 2.45) is 0 Å². The van der Waals surface area contributed by atoms with Gasteiger partial charge < -0.3 is 9.47 Å². The van der Waals surface area contributed by atoms with Crippen LogP contribution < -0.4 is 9.47 Å². The second kappa shape index (κ2) is 10.5. The molecule has 1 aliphatic carbocycles. The van der Waals surface area contributed by atoms with Gasteiger partial charge in [-0.3, -0.25) is 0 Å². The molecule has 0 N–H and O–H groups in total. The topological polar surface area (TPSA) is 18.5 Å². The summed E-state index contributed by atoms with van der Waals surface area (Å²) in [5.41, 5.74) is -8.13. The monoisotopic (exact) mass is 614 g/mol. The van der Waals surface area contributed by atoms with E-state index in [9.17, 15) is 0 Å². The predicted molar refractivity (Wildman–Crippen MR) is 136 cm³/mol. The van der Waals surface area contributed by atoms with Crippen molar-refractivity contribution in [2.75, 3.05) is 0 Å². The normalized spacial score (nSPS) is 16.1. The van der Waals surface area contributed by atoms with Gasteiger partial charge in [0, 0.05) is 0 Å². The lowest BCUT2D eigenvalue weighted by atomic mass is 9.65. The van der Waals surface area contributed by atoms with Crippen molar-refractivity contribution in [3.63, 3.8) is 0 Å².